The number of nitrogens with zero attached hydrogens (tertiary/aromatic N) is 1. The Kier molecular flexibility index (Phi) is 4.32. The highest BCUT2D eigenvalue weighted by Gasteiger charge is 2.32. The van der Waals surface area contributed by atoms with Gasteiger partial charge >= 0.3 is 6.09 Å². The minimum Gasteiger partial charge on any atom is -0.442 e. The van der Waals surface area contributed by atoms with Gasteiger partial charge in [0.25, 0.3) is 0 Å². The Morgan fingerprint density at radius 2 is 1.96 bits per heavy atom. The molecular weight excluding hydrogens is 296 g/mol. The van der Waals surface area contributed by atoms with Crippen LogP contribution in [0.3, 0.4) is 0 Å². The number of nitrogens with one attached hydrogen (secondary N) is 1. The van der Waals surface area contributed by atoms with E-state index in [-0.39, 0.29) is 12.0 Å². The molecule has 1 aliphatic carbocycles. The summed E-state index contributed by atoms with van der Waals surface area (Å²) in [5.74, 6) is 0.146. The molecule has 0 radical (unpaired) electrons. The van der Waals surface area contributed by atoms with Gasteiger partial charge < -0.3 is 10.1 Å². The lowest BCUT2D eigenvalue weighted by Crippen LogP contribution is -2.33. The molecule has 2 amide bonds. The summed E-state index contributed by atoms with van der Waals surface area (Å²) >= 11 is 0. The van der Waals surface area contributed by atoms with E-state index in [1.165, 1.54) is 12.5 Å². The van der Waals surface area contributed by atoms with E-state index >= 15 is 0 Å². The number of amides is 2. The van der Waals surface area contributed by atoms with Gasteiger partial charge in [0, 0.05) is 25.5 Å². The number of aryl methyl sites for hydroxylation is 2. The summed E-state index contributed by atoms with van der Waals surface area (Å²) < 4.78 is 5.28. The van der Waals surface area contributed by atoms with Crippen LogP contribution in [0.4, 0.5) is 10.5 Å². The number of Topliss-reactive ketones (excluding diaryl/α,β-unsaturated/α-hetero) is 1. The molecule has 0 aromatic heterocycles. The fourth-order valence-corrected chi connectivity index (χ4v) is 3.03. The average molecular weight is 316 g/mol. The van der Waals surface area contributed by atoms with Crippen molar-refractivity contribution in [2.75, 3.05) is 18.0 Å². The zero-order valence-corrected chi connectivity index (χ0v) is 13.1. The molecule has 6 heteroatoms. The maximum atomic E-state index is 12.1. The van der Waals surface area contributed by atoms with Gasteiger partial charge in [-0.15, -0.1) is 0 Å². The van der Waals surface area contributed by atoms with Crippen LogP contribution in [0.15, 0.2) is 18.2 Å². The second kappa shape index (κ2) is 6.40. The van der Waals surface area contributed by atoms with E-state index in [1.54, 1.807) is 4.90 Å². The topological polar surface area (TPSA) is 75.7 Å². The van der Waals surface area contributed by atoms with Gasteiger partial charge in [-0.2, -0.15) is 0 Å². The molecule has 1 saturated heterocycles. The fourth-order valence-electron chi connectivity index (χ4n) is 3.03. The molecule has 2 aliphatic rings. The van der Waals surface area contributed by atoms with Crippen LogP contribution in [0, 0.1) is 0 Å². The van der Waals surface area contributed by atoms with Crippen molar-refractivity contribution in [3.05, 3.63) is 29.3 Å². The van der Waals surface area contributed by atoms with Crippen LogP contribution in [0.25, 0.3) is 0 Å². The van der Waals surface area contributed by atoms with E-state index in [1.807, 2.05) is 18.2 Å². The van der Waals surface area contributed by atoms with E-state index in [2.05, 4.69) is 5.32 Å². The third-order valence-electron chi connectivity index (χ3n) is 4.30. The SMILES string of the molecule is CC(=O)NC[C@H]1CN(c2ccc3c(c2)CCC(=O)CC3)C(=O)O1. The molecule has 1 fully saturated rings. The van der Waals surface area contributed by atoms with Gasteiger partial charge in [0.05, 0.1) is 13.1 Å². The minimum atomic E-state index is -0.398. The Bertz CT molecular complexity index is 656. The van der Waals surface area contributed by atoms with E-state index < -0.39 is 6.09 Å². The van der Waals surface area contributed by atoms with Gasteiger partial charge in [-0.25, -0.2) is 4.79 Å². The molecule has 0 bridgehead atoms. The van der Waals surface area contributed by atoms with Crippen molar-refractivity contribution in [3.63, 3.8) is 0 Å². The first-order chi connectivity index (χ1) is 11.0. The van der Waals surface area contributed by atoms with E-state index in [0.717, 1.165) is 24.1 Å². The molecule has 0 unspecified atom stereocenters. The summed E-state index contributed by atoms with van der Waals surface area (Å²) in [6, 6.07) is 5.88. The molecule has 1 atom stereocenters. The largest absolute Gasteiger partial charge is 0.442 e. The molecule has 1 aromatic carbocycles. The summed E-state index contributed by atoms with van der Waals surface area (Å²) in [7, 11) is 0. The predicted molar refractivity (Wildman–Crippen MR) is 84.4 cm³/mol. The monoisotopic (exact) mass is 316 g/mol. The first kappa shape index (κ1) is 15.5. The Morgan fingerprint density at radius 3 is 2.70 bits per heavy atom. The minimum absolute atomic E-state index is 0.144. The van der Waals surface area contributed by atoms with Crippen LogP contribution >= 0.6 is 0 Å². The Hall–Kier alpha value is -2.37. The van der Waals surface area contributed by atoms with Crippen molar-refractivity contribution in [2.45, 2.75) is 38.7 Å². The number of cyclic esters (lactones) is 1. The normalized spacial score (nSPS) is 20.7. The quantitative estimate of drug-likeness (QED) is 0.859. The highest BCUT2D eigenvalue weighted by Crippen LogP contribution is 2.27. The van der Waals surface area contributed by atoms with Gasteiger partial charge in [0.15, 0.2) is 0 Å². The van der Waals surface area contributed by atoms with Crippen molar-refractivity contribution >= 4 is 23.5 Å². The second-order valence-electron chi connectivity index (χ2n) is 6.05. The number of benzene rings is 1. The van der Waals surface area contributed by atoms with Crippen LogP contribution < -0.4 is 10.2 Å². The predicted octanol–water partition coefficient (Wildman–Crippen LogP) is 1.60. The fraction of sp³-hybridized carbons (Fsp3) is 0.471. The lowest BCUT2D eigenvalue weighted by Gasteiger charge is -2.16. The van der Waals surface area contributed by atoms with Crippen LogP contribution in [-0.4, -0.2) is 37.0 Å². The van der Waals surface area contributed by atoms with Crippen molar-refractivity contribution < 1.29 is 19.1 Å². The molecule has 3 rings (SSSR count). The van der Waals surface area contributed by atoms with Crippen molar-refractivity contribution in [1.82, 2.24) is 5.32 Å². The highest BCUT2D eigenvalue weighted by molar-refractivity contribution is 5.90. The van der Waals surface area contributed by atoms with Crippen molar-refractivity contribution in [2.24, 2.45) is 0 Å². The third-order valence-corrected chi connectivity index (χ3v) is 4.30. The summed E-state index contributed by atoms with van der Waals surface area (Å²) in [6.07, 6.45) is 1.91. The second-order valence-corrected chi connectivity index (χ2v) is 6.05. The van der Waals surface area contributed by atoms with Gasteiger partial charge in [-0.05, 0) is 36.1 Å². The molecule has 1 aromatic rings. The lowest BCUT2D eigenvalue weighted by molar-refractivity contribution is -0.119. The maximum Gasteiger partial charge on any atom is 0.414 e. The van der Waals surface area contributed by atoms with Crippen LogP contribution in [-0.2, 0) is 27.2 Å². The molecule has 1 aliphatic heterocycles. The van der Waals surface area contributed by atoms with E-state index in [0.29, 0.717) is 31.7 Å². The number of fused-ring (bicyclic) bond motifs is 1. The average Bonchev–Trinajstić information content (AvgIpc) is 2.79. The van der Waals surface area contributed by atoms with Crippen LogP contribution in [0.5, 0.6) is 0 Å². The van der Waals surface area contributed by atoms with Crippen LogP contribution in [0.2, 0.25) is 0 Å². The zero-order chi connectivity index (χ0) is 16.4. The number of hydrogen-bond acceptors (Lipinski definition) is 4. The van der Waals surface area contributed by atoms with Gasteiger partial charge in [-0.3, -0.25) is 14.5 Å². The number of rotatable bonds is 3. The van der Waals surface area contributed by atoms with Gasteiger partial charge in [-0.1, -0.05) is 6.07 Å². The molecule has 1 heterocycles. The smallest absolute Gasteiger partial charge is 0.414 e. The number of ether oxygens (including phenoxy) is 1. The first-order valence-electron chi connectivity index (χ1n) is 7.89. The summed E-state index contributed by atoms with van der Waals surface area (Å²) in [6.45, 7) is 2.16. The Labute approximate surface area is 134 Å². The van der Waals surface area contributed by atoms with Crippen LogP contribution in [0.1, 0.15) is 30.9 Å². The zero-order valence-electron chi connectivity index (χ0n) is 13.1. The van der Waals surface area contributed by atoms with E-state index in [9.17, 15) is 14.4 Å². The number of carbonyl (C=O) groups is 3. The van der Waals surface area contributed by atoms with Crippen molar-refractivity contribution in [1.29, 1.82) is 0 Å². The number of anilines is 1. The maximum absolute atomic E-state index is 12.1. The third kappa shape index (κ3) is 3.52. The molecule has 0 spiro atoms. The number of hydrogen-bond donors (Lipinski definition) is 1. The van der Waals surface area contributed by atoms with Gasteiger partial charge in [0.2, 0.25) is 5.91 Å². The summed E-state index contributed by atoms with van der Waals surface area (Å²) in [5.41, 5.74) is 3.10. The molecular formula is C17H20N2O4. The molecule has 23 heavy (non-hydrogen) atoms. The summed E-state index contributed by atoms with van der Waals surface area (Å²) in [4.78, 5) is 36.2. The number of ketones is 1. The molecule has 6 nitrogen and oxygen atoms in total. The molecule has 0 saturated carbocycles. The first-order valence-corrected chi connectivity index (χ1v) is 7.89. The molecule has 1 N–H and O–H groups in total. The Morgan fingerprint density at radius 1 is 1.22 bits per heavy atom. The standard InChI is InChI=1S/C17H20N2O4/c1-11(20)18-9-16-10-19(17(22)23-16)14-5-2-12-3-6-15(21)7-4-13(12)8-14/h2,5,8,16H,3-4,6-7,9-10H2,1H3,(H,18,20)/t16-/m0/s1. The van der Waals surface area contributed by atoms with E-state index in [4.69, 9.17) is 4.74 Å². The molecule has 122 valence electrons. The highest BCUT2D eigenvalue weighted by atomic mass is 16.6. The lowest BCUT2D eigenvalue weighted by atomic mass is 10.0. The van der Waals surface area contributed by atoms with Crippen molar-refractivity contribution in [3.8, 4) is 0 Å². The summed E-state index contributed by atoms with van der Waals surface area (Å²) in [5, 5.41) is 2.66. The Balaban J connectivity index is 1.73. The number of carbonyl (C=O) groups excluding carboxylic acids is 3. The van der Waals surface area contributed by atoms with Gasteiger partial charge in [0.1, 0.15) is 11.9 Å².